The van der Waals surface area contributed by atoms with Gasteiger partial charge in [0.1, 0.15) is 5.84 Å². The molecule has 7 nitrogen and oxygen atoms in total. The number of hydrogen-bond donors (Lipinski definition) is 5. The van der Waals surface area contributed by atoms with Gasteiger partial charge in [-0.1, -0.05) is 24.3 Å². The highest BCUT2D eigenvalue weighted by molar-refractivity contribution is 5.94. The minimum Gasteiger partial charge on any atom is -0.481 e. The summed E-state index contributed by atoms with van der Waals surface area (Å²) in [5, 5.41) is 18.6. The Bertz CT molecular complexity index is 543. The average Bonchev–Trinajstić information content (AvgIpc) is 2.52. The highest BCUT2D eigenvalue weighted by Crippen LogP contribution is 2.07. The van der Waals surface area contributed by atoms with Gasteiger partial charge in [-0.25, -0.2) is 0 Å². The van der Waals surface area contributed by atoms with Crippen LogP contribution >= 0.6 is 0 Å². The first-order valence-electron chi connectivity index (χ1n) is 7.58. The van der Waals surface area contributed by atoms with Gasteiger partial charge in [-0.05, 0) is 31.2 Å². The van der Waals surface area contributed by atoms with Crippen LogP contribution in [0.3, 0.4) is 0 Å². The van der Waals surface area contributed by atoms with Crippen molar-refractivity contribution in [1.82, 2.24) is 5.32 Å². The van der Waals surface area contributed by atoms with Crippen LogP contribution in [0.4, 0.5) is 0 Å². The summed E-state index contributed by atoms with van der Waals surface area (Å²) >= 11 is 0. The number of nitrogen functional groups attached to an aromatic ring is 1. The third kappa shape index (κ3) is 7.42. The summed E-state index contributed by atoms with van der Waals surface area (Å²) in [6, 6.07) is 6.75. The number of carboxylic acid groups (broad SMARTS) is 1. The van der Waals surface area contributed by atoms with Gasteiger partial charge < -0.3 is 21.9 Å². The van der Waals surface area contributed by atoms with Crippen LogP contribution in [0.2, 0.25) is 0 Å². The van der Waals surface area contributed by atoms with Crippen molar-refractivity contribution in [2.75, 3.05) is 6.54 Å². The third-order valence-electron chi connectivity index (χ3n) is 3.46. The van der Waals surface area contributed by atoms with Crippen molar-refractivity contribution >= 4 is 17.7 Å². The summed E-state index contributed by atoms with van der Waals surface area (Å²) in [7, 11) is 0. The van der Waals surface area contributed by atoms with E-state index in [0.29, 0.717) is 12.1 Å². The quantitative estimate of drug-likeness (QED) is 0.244. The van der Waals surface area contributed by atoms with Crippen LogP contribution in [0, 0.1) is 5.41 Å². The number of unbranched alkanes of at least 4 members (excludes halogenated alkanes) is 1. The zero-order valence-electron chi connectivity index (χ0n) is 13.0. The van der Waals surface area contributed by atoms with Gasteiger partial charge in [0, 0.05) is 18.5 Å². The van der Waals surface area contributed by atoms with E-state index < -0.39 is 12.0 Å². The number of nitrogens with one attached hydrogen (secondary N) is 2. The van der Waals surface area contributed by atoms with Gasteiger partial charge in [0.05, 0.1) is 6.04 Å². The standard InChI is InChI=1S/C16H24N4O3/c17-13(8-9-14(21)22)16(23)20-10-2-1-3-11-4-6-12(7-5-11)15(18)19/h4-7,13H,1-3,8-10,17H2,(H3,18,19)(H,20,23)(H,21,22)/t13-/m1/s1. The van der Waals surface area contributed by atoms with E-state index in [9.17, 15) is 9.59 Å². The minimum atomic E-state index is -0.955. The molecule has 0 fully saturated rings. The number of amides is 1. The number of amidine groups is 1. The second-order valence-corrected chi connectivity index (χ2v) is 5.40. The largest absolute Gasteiger partial charge is 0.481 e. The normalized spacial score (nSPS) is 11.7. The van der Waals surface area contributed by atoms with Gasteiger partial charge in [-0.3, -0.25) is 15.0 Å². The van der Waals surface area contributed by atoms with Crippen molar-refractivity contribution in [1.29, 1.82) is 5.41 Å². The molecular formula is C16H24N4O3. The van der Waals surface area contributed by atoms with E-state index in [-0.39, 0.29) is 24.6 Å². The molecule has 0 aromatic heterocycles. The van der Waals surface area contributed by atoms with Gasteiger partial charge in [-0.2, -0.15) is 0 Å². The van der Waals surface area contributed by atoms with E-state index in [1.54, 1.807) is 0 Å². The molecule has 0 radical (unpaired) electrons. The van der Waals surface area contributed by atoms with Gasteiger partial charge in [0.15, 0.2) is 0 Å². The summed E-state index contributed by atoms with van der Waals surface area (Å²) < 4.78 is 0. The van der Waals surface area contributed by atoms with Crippen molar-refractivity contribution in [2.45, 2.75) is 38.1 Å². The van der Waals surface area contributed by atoms with Crippen LogP contribution in [0.25, 0.3) is 0 Å². The first kappa shape index (κ1) is 18.6. The minimum absolute atomic E-state index is 0.0542. The Morgan fingerprint density at radius 3 is 2.43 bits per heavy atom. The fourth-order valence-electron chi connectivity index (χ4n) is 2.06. The molecule has 0 saturated heterocycles. The molecule has 1 amide bonds. The topological polar surface area (TPSA) is 142 Å². The zero-order valence-corrected chi connectivity index (χ0v) is 13.0. The lowest BCUT2D eigenvalue weighted by molar-refractivity contribution is -0.137. The molecule has 0 aliphatic rings. The maximum atomic E-state index is 11.6. The van der Waals surface area contributed by atoms with Gasteiger partial charge in [0.2, 0.25) is 5.91 Å². The third-order valence-corrected chi connectivity index (χ3v) is 3.46. The molecule has 0 aliphatic heterocycles. The first-order chi connectivity index (χ1) is 10.9. The number of aliphatic carboxylic acids is 1. The zero-order chi connectivity index (χ0) is 17.2. The van der Waals surface area contributed by atoms with E-state index in [1.165, 1.54) is 0 Å². The molecule has 0 bridgehead atoms. The Labute approximate surface area is 135 Å². The van der Waals surface area contributed by atoms with E-state index >= 15 is 0 Å². The molecular weight excluding hydrogens is 296 g/mol. The van der Waals surface area contributed by atoms with Crippen molar-refractivity contribution in [3.63, 3.8) is 0 Å². The molecule has 126 valence electrons. The predicted molar refractivity (Wildman–Crippen MR) is 88.3 cm³/mol. The average molecular weight is 320 g/mol. The fourth-order valence-corrected chi connectivity index (χ4v) is 2.06. The summed E-state index contributed by atoms with van der Waals surface area (Å²) in [5.74, 6) is -1.21. The number of carbonyl (C=O) groups excluding carboxylic acids is 1. The molecule has 1 rings (SSSR count). The number of carbonyl (C=O) groups is 2. The van der Waals surface area contributed by atoms with Crippen molar-refractivity contribution in [3.8, 4) is 0 Å². The lowest BCUT2D eigenvalue weighted by Gasteiger charge is -2.11. The van der Waals surface area contributed by atoms with E-state index in [2.05, 4.69) is 5.32 Å². The molecule has 0 aliphatic carbocycles. The fraction of sp³-hybridized carbons (Fsp3) is 0.438. The SMILES string of the molecule is N=C(N)c1ccc(CCCCNC(=O)[C@H](N)CCC(=O)O)cc1. The van der Waals surface area contributed by atoms with E-state index in [0.717, 1.165) is 24.8 Å². The summed E-state index contributed by atoms with van der Waals surface area (Å²) in [4.78, 5) is 22.0. The number of rotatable bonds is 10. The smallest absolute Gasteiger partial charge is 0.303 e. The van der Waals surface area contributed by atoms with Crippen molar-refractivity contribution in [3.05, 3.63) is 35.4 Å². The maximum absolute atomic E-state index is 11.6. The number of nitrogens with two attached hydrogens (primary N) is 2. The van der Waals surface area contributed by atoms with Gasteiger partial charge >= 0.3 is 5.97 Å². The second-order valence-electron chi connectivity index (χ2n) is 5.40. The molecule has 0 spiro atoms. The molecule has 7 heteroatoms. The molecule has 1 aromatic rings. The van der Waals surface area contributed by atoms with E-state index in [4.69, 9.17) is 22.0 Å². The highest BCUT2D eigenvalue weighted by atomic mass is 16.4. The lowest BCUT2D eigenvalue weighted by Crippen LogP contribution is -2.41. The summed E-state index contributed by atoms with van der Waals surface area (Å²) in [5.41, 5.74) is 12.9. The second kappa shape index (κ2) is 9.58. The van der Waals surface area contributed by atoms with E-state index in [1.807, 2.05) is 24.3 Å². The number of benzene rings is 1. The highest BCUT2D eigenvalue weighted by Gasteiger charge is 2.13. The molecule has 1 aromatic carbocycles. The van der Waals surface area contributed by atoms with Gasteiger partial charge in [-0.15, -0.1) is 0 Å². The van der Waals surface area contributed by atoms with Crippen LogP contribution in [0.5, 0.6) is 0 Å². The summed E-state index contributed by atoms with van der Waals surface area (Å²) in [6.45, 7) is 0.519. The Hall–Kier alpha value is -2.41. The Morgan fingerprint density at radius 1 is 1.22 bits per heavy atom. The predicted octanol–water partition coefficient (Wildman–Crippen LogP) is 0.602. The molecule has 0 heterocycles. The van der Waals surface area contributed by atoms with Crippen LogP contribution < -0.4 is 16.8 Å². The van der Waals surface area contributed by atoms with Crippen LogP contribution in [0.15, 0.2) is 24.3 Å². The monoisotopic (exact) mass is 320 g/mol. The van der Waals surface area contributed by atoms with Crippen LogP contribution in [-0.2, 0) is 16.0 Å². The molecule has 0 unspecified atom stereocenters. The van der Waals surface area contributed by atoms with Crippen LogP contribution in [-0.4, -0.2) is 35.4 Å². The van der Waals surface area contributed by atoms with Crippen molar-refractivity contribution < 1.29 is 14.7 Å². The van der Waals surface area contributed by atoms with Crippen molar-refractivity contribution in [2.24, 2.45) is 11.5 Å². The number of hydrogen-bond acceptors (Lipinski definition) is 4. The Morgan fingerprint density at radius 2 is 1.87 bits per heavy atom. The maximum Gasteiger partial charge on any atom is 0.303 e. The number of aryl methyl sites for hydroxylation is 1. The molecule has 7 N–H and O–H groups in total. The Kier molecular flexibility index (Phi) is 7.76. The van der Waals surface area contributed by atoms with Crippen LogP contribution in [0.1, 0.15) is 36.8 Å². The molecule has 1 atom stereocenters. The number of carboxylic acids is 1. The summed E-state index contributed by atoms with van der Waals surface area (Å²) in [6.07, 6.45) is 2.63. The molecule has 23 heavy (non-hydrogen) atoms. The molecule has 0 saturated carbocycles. The lowest BCUT2D eigenvalue weighted by atomic mass is 10.1. The Balaban J connectivity index is 2.18. The van der Waals surface area contributed by atoms with Gasteiger partial charge in [0.25, 0.3) is 0 Å². The first-order valence-corrected chi connectivity index (χ1v) is 7.58.